The molecule has 2 aromatic carbocycles. The number of nitrogens with one attached hydrogen (secondary N) is 1. The molecule has 5 heteroatoms. The molecule has 0 heterocycles. The van der Waals surface area contributed by atoms with Gasteiger partial charge in [-0.1, -0.05) is 6.07 Å². The average Bonchev–Trinajstić information content (AvgIpc) is 2.59. The molecule has 0 aliphatic rings. The first-order chi connectivity index (χ1) is 11.1. The fourth-order valence-corrected chi connectivity index (χ4v) is 2.41. The highest BCUT2D eigenvalue weighted by atomic mass is 19.1. The molecule has 23 heavy (non-hydrogen) atoms. The summed E-state index contributed by atoms with van der Waals surface area (Å²) in [4.78, 5) is 0. The summed E-state index contributed by atoms with van der Waals surface area (Å²) in [5, 5.41) is 3.36. The van der Waals surface area contributed by atoms with Gasteiger partial charge in [0.05, 0.1) is 21.3 Å². The van der Waals surface area contributed by atoms with E-state index in [0.717, 1.165) is 22.6 Å². The molecule has 0 saturated carbocycles. The first-order valence-corrected chi connectivity index (χ1v) is 7.36. The van der Waals surface area contributed by atoms with Crippen LogP contribution in [-0.4, -0.2) is 21.3 Å². The Morgan fingerprint density at radius 1 is 0.957 bits per heavy atom. The van der Waals surface area contributed by atoms with Crippen molar-refractivity contribution in [3.8, 4) is 17.2 Å². The molecule has 0 aliphatic heterocycles. The predicted octanol–water partition coefficient (Wildman–Crippen LogP) is 3.70. The largest absolute Gasteiger partial charge is 0.497 e. The third kappa shape index (κ3) is 4.13. The van der Waals surface area contributed by atoms with E-state index in [0.29, 0.717) is 12.3 Å². The zero-order valence-electron chi connectivity index (χ0n) is 13.9. The van der Waals surface area contributed by atoms with Crippen LogP contribution in [0.3, 0.4) is 0 Å². The average molecular weight is 319 g/mol. The molecule has 4 nitrogen and oxygen atoms in total. The highest BCUT2D eigenvalue weighted by Crippen LogP contribution is 2.28. The number of benzene rings is 2. The number of hydrogen-bond acceptors (Lipinski definition) is 4. The minimum absolute atomic E-state index is 0.0764. The van der Waals surface area contributed by atoms with Crippen LogP contribution in [0.2, 0.25) is 0 Å². The Morgan fingerprint density at radius 2 is 1.70 bits per heavy atom. The maximum absolute atomic E-state index is 13.5. The van der Waals surface area contributed by atoms with Crippen LogP contribution < -0.4 is 19.5 Å². The zero-order chi connectivity index (χ0) is 16.8. The second-order valence-corrected chi connectivity index (χ2v) is 5.17. The first-order valence-electron chi connectivity index (χ1n) is 7.36. The molecule has 2 rings (SSSR count). The fourth-order valence-electron chi connectivity index (χ4n) is 2.41. The molecule has 1 atom stereocenters. The van der Waals surface area contributed by atoms with Crippen molar-refractivity contribution in [2.75, 3.05) is 21.3 Å². The van der Waals surface area contributed by atoms with E-state index in [1.807, 2.05) is 25.1 Å². The second kappa shape index (κ2) is 7.83. The summed E-state index contributed by atoms with van der Waals surface area (Å²) in [7, 11) is 4.82. The van der Waals surface area contributed by atoms with E-state index in [9.17, 15) is 4.39 Å². The summed E-state index contributed by atoms with van der Waals surface area (Å²) in [6, 6.07) is 10.1. The second-order valence-electron chi connectivity index (χ2n) is 5.17. The smallest absolute Gasteiger partial charge is 0.127 e. The Hall–Kier alpha value is -2.27. The van der Waals surface area contributed by atoms with E-state index in [1.54, 1.807) is 27.4 Å². The fraction of sp³-hybridized carbons (Fsp3) is 0.333. The van der Waals surface area contributed by atoms with Crippen molar-refractivity contribution in [2.45, 2.75) is 19.5 Å². The molecule has 0 saturated heterocycles. The molecule has 0 aromatic heterocycles. The monoisotopic (exact) mass is 319 g/mol. The summed E-state index contributed by atoms with van der Waals surface area (Å²) < 4.78 is 29.4. The minimum Gasteiger partial charge on any atom is -0.497 e. The first kappa shape index (κ1) is 17.1. The third-order valence-electron chi connectivity index (χ3n) is 3.75. The van der Waals surface area contributed by atoms with Gasteiger partial charge in [-0.2, -0.15) is 0 Å². The van der Waals surface area contributed by atoms with Crippen LogP contribution in [0.1, 0.15) is 24.1 Å². The van der Waals surface area contributed by atoms with Gasteiger partial charge in [0, 0.05) is 29.8 Å². The minimum atomic E-state index is -0.281. The van der Waals surface area contributed by atoms with E-state index in [2.05, 4.69) is 5.32 Å². The molecular weight excluding hydrogens is 297 g/mol. The Bertz CT molecular complexity index is 661. The van der Waals surface area contributed by atoms with Crippen molar-refractivity contribution in [2.24, 2.45) is 0 Å². The normalized spacial score (nSPS) is 11.9. The van der Waals surface area contributed by atoms with Gasteiger partial charge in [0.15, 0.2) is 0 Å². The van der Waals surface area contributed by atoms with Crippen LogP contribution >= 0.6 is 0 Å². The molecule has 0 aliphatic carbocycles. The van der Waals surface area contributed by atoms with Crippen LogP contribution in [0.5, 0.6) is 17.2 Å². The lowest BCUT2D eigenvalue weighted by molar-refractivity contribution is 0.387. The van der Waals surface area contributed by atoms with Gasteiger partial charge >= 0.3 is 0 Å². The number of hydrogen-bond donors (Lipinski definition) is 1. The standard InChI is InChI=1S/C18H22FNO3/c1-12(16-9-14(19)6-8-17(16)22-3)20-11-13-5-7-15(21-2)10-18(13)23-4/h5-10,12,20H,11H2,1-4H3. The topological polar surface area (TPSA) is 39.7 Å². The van der Waals surface area contributed by atoms with Gasteiger partial charge in [0.1, 0.15) is 23.1 Å². The summed E-state index contributed by atoms with van der Waals surface area (Å²) in [6.07, 6.45) is 0. The van der Waals surface area contributed by atoms with Crippen molar-refractivity contribution in [1.29, 1.82) is 0 Å². The van der Waals surface area contributed by atoms with E-state index >= 15 is 0 Å². The highest BCUT2D eigenvalue weighted by molar-refractivity contribution is 5.41. The molecule has 0 amide bonds. The molecular formula is C18H22FNO3. The van der Waals surface area contributed by atoms with Crippen LogP contribution in [0.4, 0.5) is 4.39 Å². The molecule has 0 bridgehead atoms. The van der Waals surface area contributed by atoms with Crippen LogP contribution in [0.15, 0.2) is 36.4 Å². The van der Waals surface area contributed by atoms with Gasteiger partial charge < -0.3 is 19.5 Å². The SMILES string of the molecule is COc1ccc(CNC(C)c2cc(F)ccc2OC)c(OC)c1. The van der Waals surface area contributed by atoms with Gasteiger partial charge in [-0.15, -0.1) is 0 Å². The maximum atomic E-state index is 13.5. The van der Waals surface area contributed by atoms with Gasteiger partial charge in [-0.05, 0) is 31.2 Å². The van der Waals surface area contributed by atoms with Crippen molar-refractivity contribution in [3.63, 3.8) is 0 Å². The van der Waals surface area contributed by atoms with E-state index in [4.69, 9.17) is 14.2 Å². The van der Waals surface area contributed by atoms with Crippen molar-refractivity contribution in [1.82, 2.24) is 5.32 Å². The molecule has 124 valence electrons. The molecule has 0 fully saturated rings. The highest BCUT2D eigenvalue weighted by Gasteiger charge is 2.13. The van der Waals surface area contributed by atoms with Gasteiger partial charge in [-0.25, -0.2) is 4.39 Å². The quantitative estimate of drug-likeness (QED) is 0.844. The van der Waals surface area contributed by atoms with Crippen LogP contribution in [0, 0.1) is 5.82 Å². The lowest BCUT2D eigenvalue weighted by Crippen LogP contribution is -2.19. The zero-order valence-corrected chi connectivity index (χ0v) is 13.9. The molecule has 0 radical (unpaired) electrons. The Balaban J connectivity index is 2.13. The summed E-state index contributed by atoms with van der Waals surface area (Å²) in [5.74, 6) is 1.87. The van der Waals surface area contributed by atoms with Gasteiger partial charge in [-0.3, -0.25) is 0 Å². The van der Waals surface area contributed by atoms with E-state index in [1.165, 1.54) is 12.1 Å². The van der Waals surface area contributed by atoms with E-state index in [-0.39, 0.29) is 11.9 Å². The van der Waals surface area contributed by atoms with Gasteiger partial charge in [0.25, 0.3) is 0 Å². The Morgan fingerprint density at radius 3 is 2.35 bits per heavy atom. The van der Waals surface area contributed by atoms with Crippen molar-refractivity contribution >= 4 is 0 Å². The number of halogens is 1. The summed E-state index contributed by atoms with van der Waals surface area (Å²) >= 11 is 0. The third-order valence-corrected chi connectivity index (χ3v) is 3.75. The number of rotatable bonds is 7. The van der Waals surface area contributed by atoms with E-state index < -0.39 is 0 Å². The summed E-state index contributed by atoms with van der Waals surface area (Å²) in [6.45, 7) is 2.54. The predicted molar refractivity (Wildman–Crippen MR) is 87.8 cm³/mol. The van der Waals surface area contributed by atoms with Crippen molar-refractivity contribution < 1.29 is 18.6 Å². The molecule has 1 unspecified atom stereocenters. The molecule has 0 spiro atoms. The van der Waals surface area contributed by atoms with Gasteiger partial charge in [0.2, 0.25) is 0 Å². The maximum Gasteiger partial charge on any atom is 0.127 e. The number of methoxy groups -OCH3 is 3. The molecule has 2 aromatic rings. The molecule has 1 N–H and O–H groups in total. The Labute approximate surface area is 136 Å². The lowest BCUT2D eigenvalue weighted by atomic mass is 10.1. The lowest BCUT2D eigenvalue weighted by Gasteiger charge is -2.18. The van der Waals surface area contributed by atoms with Crippen molar-refractivity contribution in [3.05, 3.63) is 53.3 Å². The van der Waals surface area contributed by atoms with Crippen LogP contribution in [-0.2, 0) is 6.54 Å². The van der Waals surface area contributed by atoms with Crippen LogP contribution in [0.25, 0.3) is 0 Å². The Kier molecular flexibility index (Phi) is 5.82. The number of ether oxygens (including phenoxy) is 3. The summed E-state index contributed by atoms with van der Waals surface area (Å²) in [5.41, 5.74) is 1.77.